The van der Waals surface area contributed by atoms with Crippen LogP contribution in [-0.2, 0) is 4.74 Å². The average Bonchev–Trinajstić information content (AvgIpc) is 2.64. The van der Waals surface area contributed by atoms with Crippen LogP contribution in [0.5, 0.6) is 0 Å². The van der Waals surface area contributed by atoms with E-state index >= 15 is 0 Å². The second-order valence-corrected chi connectivity index (χ2v) is 4.77. The summed E-state index contributed by atoms with van der Waals surface area (Å²) in [4.78, 5) is 10.6. The average molecular weight is 236 g/mol. The van der Waals surface area contributed by atoms with E-state index in [4.69, 9.17) is 4.74 Å². The van der Waals surface area contributed by atoms with Gasteiger partial charge in [0.25, 0.3) is 5.69 Å². The zero-order valence-corrected chi connectivity index (χ0v) is 10.0. The lowest BCUT2D eigenvalue weighted by atomic mass is 10.0. The predicted molar refractivity (Wildman–Crippen MR) is 65.3 cm³/mol. The SMILES string of the molecule is Cc1ccc([N+](=O)[O-])c(NC2(C)CCOC2)c1. The predicted octanol–water partition coefficient (Wildman–Crippen LogP) is 2.49. The molecule has 1 aliphatic heterocycles. The molecule has 17 heavy (non-hydrogen) atoms. The molecule has 1 aromatic carbocycles. The molecule has 5 heteroatoms. The molecule has 0 bridgehead atoms. The number of nitrogens with zero attached hydrogens (tertiary/aromatic N) is 1. The van der Waals surface area contributed by atoms with Crippen LogP contribution in [0.3, 0.4) is 0 Å². The van der Waals surface area contributed by atoms with Gasteiger partial charge < -0.3 is 10.1 Å². The number of aryl methyl sites for hydroxylation is 1. The summed E-state index contributed by atoms with van der Waals surface area (Å²) in [7, 11) is 0. The van der Waals surface area contributed by atoms with Gasteiger partial charge in [0.2, 0.25) is 0 Å². The van der Waals surface area contributed by atoms with Crippen LogP contribution in [0.15, 0.2) is 18.2 Å². The van der Waals surface area contributed by atoms with Crippen LogP contribution >= 0.6 is 0 Å². The van der Waals surface area contributed by atoms with Crippen LogP contribution in [0.25, 0.3) is 0 Å². The van der Waals surface area contributed by atoms with Crippen LogP contribution in [0, 0.1) is 17.0 Å². The molecule has 0 radical (unpaired) electrons. The van der Waals surface area contributed by atoms with Gasteiger partial charge in [0, 0.05) is 12.7 Å². The monoisotopic (exact) mass is 236 g/mol. The van der Waals surface area contributed by atoms with Gasteiger partial charge in [0.15, 0.2) is 0 Å². The molecule has 1 atom stereocenters. The van der Waals surface area contributed by atoms with E-state index in [1.54, 1.807) is 6.07 Å². The maximum atomic E-state index is 10.9. The Balaban J connectivity index is 2.30. The Labute approximate surface area is 99.9 Å². The highest BCUT2D eigenvalue weighted by Crippen LogP contribution is 2.31. The van der Waals surface area contributed by atoms with Crippen LogP contribution in [0.1, 0.15) is 18.9 Å². The first-order chi connectivity index (χ1) is 8.00. The molecule has 1 unspecified atom stereocenters. The van der Waals surface area contributed by atoms with Crippen molar-refractivity contribution in [2.75, 3.05) is 18.5 Å². The van der Waals surface area contributed by atoms with Gasteiger partial charge >= 0.3 is 0 Å². The third kappa shape index (κ3) is 2.55. The number of nitro groups is 1. The summed E-state index contributed by atoms with van der Waals surface area (Å²) in [6.45, 7) is 5.22. The molecule has 0 aromatic heterocycles. The summed E-state index contributed by atoms with van der Waals surface area (Å²) in [5.41, 5.74) is 1.48. The molecule has 1 aromatic rings. The van der Waals surface area contributed by atoms with Crippen molar-refractivity contribution in [3.05, 3.63) is 33.9 Å². The fourth-order valence-corrected chi connectivity index (χ4v) is 2.00. The molecule has 1 aliphatic rings. The minimum atomic E-state index is -0.360. The van der Waals surface area contributed by atoms with Gasteiger partial charge in [-0.05, 0) is 31.9 Å². The highest BCUT2D eigenvalue weighted by molar-refractivity contribution is 5.63. The van der Waals surface area contributed by atoms with E-state index in [1.165, 1.54) is 6.07 Å². The Bertz CT molecular complexity index is 439. The van der Waals surface area contributed by atoms with Crippen molar-refractivity contribution in [2.45, 2.75) is 25.8 Å². The van der Waals surface area contributed by atoms with E-state index in [1.807, 2.05) is 19.9 Å². The van der Waals surface area contributed by atoms with E-state index in [0.717, 1.165) is 12.0 Å². The maximum Gasteiger partial charge on any atom is 0.292 e. The van der Waals surface area contributed by atoms with Crippen LogP contribution < -0.4 is 5.32 Å². The number of ether oxygens (including phenoxy) is 1. The van der Waals surface area contributed by atoms with Gasteiger partial charge in [0.05, 0.1) is 17.1 Å². The first-order valence-corrected chi connectivity index (χ1v) is 5.61. The fourth-order valence-electron chi connectivity index (χ4n) is 2.00. The van der Waals surface area contributed by atoms with Gasteiger partial charge in [-0.1, -0.05) is 6.07 Å². The Morgan fingerprint density at radius 3 is 2.88 bits per heavy atom. The maximum absolute atomic E-state index is 10.9. The summed E-state index contributed by atoms with van der Waals surface area (Å²) < 4.78 is 5.33. The third-order valence-corrected chi connectivity index (χ3v) is 3.00. The Kier molecular flexibility index (Phi) is 3.02. The molecule has 0 amide bonds. The lowest BCUT2D eigenvalue weighted by Gasteiger charge is -2.24. The van der Waals surface area contributed by atoms with Gasteiger partial charge in [-0.3, -0.25) is 10.1 Å². The van der Waals surface area contributed by atoms with E-state index in [9.17, 15) is 10.1 Å². The lowest BCUT2D eigenvalue weighted by molar-refractivity contribution is -0.384. The number of rotatable bonds is 3. The zero-order valence-electron chi connectivity index (χ0n) is 10.0. The minimum Gasteiger partial charge on any atom is -0.379 e. The molecule has 1 fully saturated rings. The molecule has 0 saturated carbocycles. The van der Waals surface area contributed by atoms with Crippen molar-refractivity contribution >= 4 is 11.4 Å². The van der Waals surface area contributed by atoms with Crippen LogP contribution in [0.4, 0.5) is 11.4 Å². The lowest BCUT2D eigenvalue weighted by Crippen LogP contribution is -2.35. The van der Waals surface area contributed by atoms with Gasteiger partial charge in [-0.15, -0.1) is 0 Å². The Morgan fingerprint density at radius 2 is 2.29 bits per heavy atom. The third-order valence-electron chi connectivity index (χ3n) is 3.00. The molecule has 0 spiro atoms. The van der Waals surface area contributed by atoms with Crippen LogP contribution in [-0.4, -0.2) is 23.7 Å². The van der Waals surface area contributed by atoms with E-state index in [0.29, 0.717) is 18.9 Å². The molecule has 2 rings (SSSR count). The van der Waals surface area contributed by atoms with Gasteiger partial charge in [-0.2, -0.15) is 0 Å². The molecule has 1 N–H and O–H groups in total. The second-order valence-electron chi connectivity index (χ2n) is 4.77. The topological polar surface area (TPSA) is 64.4 Å². The molecule has 0 aliphatic carbocycles. The molecular formula is C12H16N2O3. The van der Waals surface area contributed by atoms with Crippen molar-refractivity contribution in [1.82, 2.24) is 0 Å². The first-order valence-electron chi connectivity index (χ1n) is 5.61. The van der Waals surface area contributed by atoms with Crippen molar-refractivity contribution < 1.29 is 9.66 Å². The quantitative estimate of drug-likeness (QED) is 0.647. The van der Waals surface area contributed by atoms with Crippen molar-refractivity contribution in [3.8, 4) is 0 Å². The number of anilines is 1. The van der Waals surface area contributed by atoms with Crippen molar-refractivity contribution in [2.24, 2.45) is 0 Å². The molecule has 92 valence electrons. The zero-order chi connectivity index (χ0) is 12.5. The summed E-state index contributed by atoms with van der Waals surface area (Å²) >= 11 is 0. The first kappa shape index (κ1) is 11.9. The van der Waals surface area contributed by atoms with E-state index in [-0.39, 0.29) is 16.1 Å². The number of nitrogens with one attached hydrogen (secondary N) is 1. The summed E-state index contributed by atoms with van der Waals surface area (Å²) in [6, 6.07) is 5.09. The van der Waals surface area contributed by atoms with E-state index in [2.05, 4.69) is 5.32 Å². The number of hydrogen-bond donors (Lipinski definition) is 1. The number of benzene rings is 1. The van der Waals surface area contributed by atoms with Gasteiger partial charge in [-0.25, -0.2) is 0 Å². The normalized spacial score (nSPS) is 23.6. The Morgan fingerprint density at radius 1 is 1.53 bits per heavy atom. The number of hydrogen-bond acceptors (Lipinski definition) is 4. The molecule has 1 heterocycles. The van der Waals surface area contributed by atoms with Crippen molar-refractivity contribution in [1.29, 1.82) is 0 Å². The minimum absolute atomic E-state index is 0.115. The molecular weight excluding hydrogens is 220 g/mol. The highest BCUT2D eigenvalue weighted by atomic mass is 16.6. The summed E-state index contributed by atoms with van der Waals surface area (Å²) in [5.74, 6) is 0. The number of nitro benzene ring substituents is 1. The highest BCUT2D eigenvalue weighted by Gasteiger charge is 2.31. The summed E-state index contributed by atoms with van der Waals surface area (Å²) in [5, 5.41) is 14.2. The fraction of sp³-hybridized carbons (Fsp3) is 0.500. The second kappa shape index (κ2) is 4.33. The smallest absolute Gasteiger partial charge is 0.292 e. The van der Waals surface area contributed by atoms with Crippen LogP contribution in [0.2, 0.25) is 0 Å². The van der Waals surface area contributed by atoms with Crippen molar-refractivity contribution in [3.63, 3.8) is 0 Å². The Hall–Kier alpha value is -1.62. The standard InChI is InChI=1S/C12H16N2O3/c1-9-3-4-11(14(15)16)10(7-9)13-12(2)5-6-17-8-12/h3-4,7,13H,5-6,8H2,1-2H3. The summed E-state index contributed by atoms with van der Waals surface area (Å²) in [6.07, 6.45) is 0.859. The largest absolute Gasteiger partial charge is 0.379 e. The van der Waals surface area contributed by atoms with E-state index < -0.39 is 0 Å². The van der Waals surface area contributed by atoms with Gasteiger partial charge in [0.1, 0.15) is 5.69 Å². The molecule has 5 nitrogen and oxygen atoms in total. The molecule has 1 saturated heterocycles.